The Bertz CT molecular complexity index is 905. The molecule has 0 aliphatic heterocycles. The predicted octanol–water partition coefficient (Wildman–Crippen LogP) is 3.40. The summed E-state index contributed by atoms with van der Waals surface area (Å²) in [6, 6.07) is 15.0. The molecule has 0 aliphatic carbocycles. The van der Waals surface area contributed by atoms with E-state index in [1.807, 2.05) is 35.9 Å². The quantitative estimate of drug-likeness (QED) is 0.439. The number of methoxy groups -OCH3 is 2. The molecule has 0 amide bonds. The van der Waals surface area contributed by atoms with Crippen LogP contribution < -0.4 is 9.47 Å². The van der Waals surface area contributed by atoms with Crippen molar-refractivity contribution in [3.63, 3.8) is 0 Å². The molecule has 27 heavy (non-hydrogen) atoms. The summed E-state index contributed by atoms with van der Waals surface area (Å²) in [6.45, 7) is 0. The predicted molar refractivity (Wildman–Crippen MR) is 105 cm³/mol. The van der Waals surface area contributed by atoms with Gasteiger partial charge in [-0.1, -0.05) is 23.9 Å². The Morgan fingerprint density at radius 3 is 2.15 bits per heavy atom. The van der Waals surface area contributed by atoms with Gasteiger partial charge in [0.25, 0.3) is 0 Å². The van der Waals surface area contributed by atoms with Crippen molar-refractivity contribution >= 4 is 17.5 Å². The van der Waals surface area contributed by atoms with Crippen molar-refractivity contribution < 1.29 is 14.3 Å². The summed E-state index contributed by atoms with van der Waals surface area (Å²) in [6.07, 6.45) is 0.667. The molecule has 0 atom stereocenters. The summed E-state index contributed by atoms with van der Waals surface area (Å²) in [7, 11) is 5.16. The van der Waals surface area contributed by atoms with Gasteiger partial charge >= 0.3 is 0 Å². The lowest BCUT2D eigenvalue weighted by atomic mass is 10.1. The van der Waals surface area contributed by atoms with Crippen molar-refractivity contribution in [2.45, 2.75) is 11.6 Å². The van der Waals surface area contributed by atoms with E-state index >= 15 is 0 Å². The van der Waals surface area contributed by atoms with E-state index in [4.69, 9.17) is 9.47 Å². The molecule has 140 valence electrons. The standard InChI is InChI=1S/C20H21N3O3S/c1-23-19(12-14-4-8-16(25-2)9-5-14)21-22-20(23)27-13-18(24)15-6-10-17(26-3)11-7-15/h4-11H,12-13H2,1-3H3. The molecular weight excluding hydrogens is 362 g/mol. The van der Waals surface area contributed by atoms with Crippen molar-refractivity contribution in [3.05, 3.63) is 65.5 Å². The molecule has 7 heteroatoms. The van der Waals surface area contributed by atoms with Crippen molar-refractivity contribution in [2.24, 2.45) is 7.05 Å². The second-order valence-corrected chi connectivity index (χ2v) is 6.87. The molecule has 0 radical (unpaired) electrons. The number of carbonyl (C=O) groups excluding carboxylic acids is 1. The highest BCUT2D eigenvalue weighted by Crippen LogP contribution is 2.20. The number of carbonyl (C=O) groups is 1. The highest BCUT2D eigenvalue weighted by molar-refractivity contribution is 7.99. The molecular formula is C20H21N3O3S. The molecule has 0 unspecified atom stereocenters. The summed E-state index contributed by atoms with van der Waals surface area (Å²) >= 11 is 1.39. The van der Waals surface area contributed by atoms with Crippen LogP contribution in [0.5, 0.6) is 11.5 Å². The van der Waals surface area contributed by atoms with Crippen LogP contribution in [-0.4, -0.2) is 40.5 Å². The van der Waals surface area contributed by atoms with Crippen LogP contribution in [0.3, 0.4) is 0 Å². The number of rotatable bonds is 8. The average Bonchev–Trinajstić information content (AvgIpc) is 3.06. The van der Waals surface area contributed by atoms with Crippen LogP contribution in [0.15, 0.2) is 53.7 Å². The second kappa shape index (κ2) is 8.73. The molecule has 1 aromatic heterocycles. The first-order valence-electron chi connectivity index (χ1n) is 8.42. The lowest BCUT2D eigenvalue weighted by molar-refractivity contribution is 0.102. The van der Waals surface area contributed by atoms with Gasteiger partial charge in [-0.2, -0.15) is 0 Å². The van der Waals surface area contributed by atoms with Crippen molar-refractivity contribution in [2.75, 3.05) is 20.0 Å². The molecule has 0 bridgehead atoms. The number of hydrogen-bond acceptors (Lipinski definition) is 6. The molecule has 6 nitrogen and oxygen atoms in total. The summed E-state index contributed by atoms with van der Waals surface area (Å²) in [5.74, 6) is 2.75. The first kappa shape index (κ1) is 19.0. The normalized spacial score (nSPS) is 10.6. The van der Waals surface area contributed by atoms with Gasteiger partial charge in [-0.3, -0.25) is 4.79 Å². The molecule has 0 fully saturated rings. The SMILES string of the molecule is COc1ccc(Cc2nnc(SCC(=O)c3ccc(OC)cc3)n2C)cc1. The van der Waals surface area contributed by atoms with Gasteiger partial charge in [-0.05, 0) is 42.0 Å². The van der Waals surface area contributed by atoms with E-state index in [1.165, 1.54) is 11.8 Å². The van der Waals surface area contributed by atoms with Gasteiger partial charge in [0, 0.05) is 19.0 Å². The van der Waals surface area contributed by atoms with E-state index in [2.05, 4.69) is 10.2 Å². The highest BCUT2D eigenvalue weighted by Gasteiger charge is 2.13. The molecule has 0 saturated heterocycles. The van der Waals surface area contributed by atoms with Crippen LogP contribution in [0.2, 0.25) is 0 Å². The fourth-order valence-corrected chi connectivity index (χ4v) is 3.37. The van der Waals surface area contributed by atoms with Crippen LogP contribution in [0.1, 0.15) is 21.7 Å². The second-order valence-electron chi connectivity index (χ2n) is 5.92. The third-order valence-electron chi connectivity index (χ3n) is 4.19. The maximum absolute atomic E-state index is 12.4. The number of benzene rings is 2. The number of ether oxygens (including phenoxy) is 2. The van der Waals surface area contributed by atoms with Crippen LogP contribution in [0.4, 0.5) is 0 Å². The molecule has 2 aromatic carbocycles. The Balaban J connectivity index is 1.61. The van der Waals surface area contributed by atoms with Crippen LogP contribution in [0.25, 0.3) is 0 Å². The van der Waals surface area contributed by atoms with Crippen LogP contribution in [0, 0.1) is 0 Å². The lowest BCUT2D eigenvalue weighted by Crippen LogP contribution is -2.05. The molecule has 3 rings (SSSR count). The minimum Gasteiger partial charge on any atom is -0.497 e. The van der Waals surface area contributed by atoms with E-state index in [9.17, 15) is 4.79 Å². The Morgan fingerprint density at radius 2 is 1.56 bits per heavy atom. The summed E-state index contributed by atoms with van der Waals surface area (Å²) in [4.78, 5) is 12.4. The van der Waals surface area contributed by atoms with Crippen molar-refractivity contribution in [1.29, 1.82) is 0 Å². The minimum absolute atomic E-state index is 0.0438. The zero-order valence-electron chi connectivity index (χ0n) is 15.5. The number of nitrogens with zero attached hydrogens (tertiary/aromatic N) is 3. The molecule has 0 saturated carbocycles. The number of Topliss-reactive ketones (excluding diaryl/α,β-unsaturated/α-hetero) is 1. The maximum atomic E-state index is 12.4. The first-order chi connectivity index (χ1) is 13.1. The molecule has 0 aliphatic rings. The van der Waals surface area contributed by atoms with E-state index in [0.717, 1.165) is 28.0 Å². The number of ketones is 1. The zero-order chi connectivity index (χ0) is 19.2. The fourth-order valence-electron chi connectivity index (χ4n) is 2.54. The molecule has 1 heterocycles. The number of thioether (sulfide) groups is 1. The first-order valence-corrected chi connectivity index (χ1v) is 9.40. The third kappa shape index (κ3) is 4.68. The van der Waals surface area contributed by atoms with Gasteiger partial charge in [0.15, 0.2) is 10.9 Å². The lowest BCUT2D eigenvalue weighted by Gasteiger charge is -2.05. The van der Waals surface area contributed by atoms with E-state index in [1.54, 1.807) is 38.5 Å². The average molecular weight is 383 g/mol. The zero-order valence-corrected chi connectivity index (χ0v) is 16.3. The smallest absolute Gasteiger partial charge is 0.191 e. The molecule has 0 N–H and O–H groups in total. The Hall–Kier alpha value is -2.80. The highest BCUT2D eigenvalue weighted by atomic mass is 32.2. The largest absolute Gasteiger partial charge is 0.497 e. The summed E-state index contributed by atoms with van der Waals surface area (Å²) < 4.78 is 12.2. The summed E-state index contributed by atoms with van der Waals surface area (Å²) in [5.41, 5.74) is 1.78. The van der Waals surface area contributed by atoms with Gasteiger partial charge in [-0.15, -0.1) is 10.2 Å². The van der Waals surface area contributed by atoms with E-state index in [-0.39, 0.29) is 5.78 Å². The monoisotopic (exact) mass is 383 g/mol. The van der Waals surface area contributed by atoms with Gasteiger partial charge in [0.2, 0.25) is 0 Å². The van der Waals surface area contributed by atoms with Crippen LogP contribution in [-0.2, 0) is 13.5 Å². The van der Waals surface area contributed by atoms with E-state index < -0.39 is 0 Å². The fraction of sp³-hybridized carbons (Fsp3) is 0.250. The van der Waals surface area contributed by atoms with Crippen LogP contribution >= 0.6 is 11.8 Å². The Kier molecular flexibility index (Phi) is 6.13. The van der Waals surface area contributed by atoms with Crippen molar-refractivity contribution in [3.8, 4) is 11.5 Å². The maximum Gasteiger partial charge on any atom is 0.191 e. The van der Waals surface area contributed by atoms with Gasteiger partial charge in [-0.25, -0.2) is 0 Å². The van der Waals surface area contributed by atoms with Gasteiger partial charge in [0.05, 0.1) is 20.0 Å². The Labute approximate surface area is 162 Å². The van der Waals surface area contributed by atoms with Crippen molar-refractivity contribution in [1.82, 2.24) is 14.8 Å². The number of aromatic nitrogens is 3. The Morgan fingerprint density at radius 1 is 0.963 bits per heavy atom. The third-order valence-corrected chi connectivity index (χ3v) is 5.21. The molecule has 3 aromatic rings. The van der Waals surface area contributed by atoms with Gasteiger partial charge in [0.1, 0.15) is 17.3 Å². The minimum atomic E-state index is 0.0438. The topological polar surface area (TPSA) is 66.2 Å². The summed E-state index contributed by atoms with van der Waals surface area (Å²) in [5, 5.41) is 9.20. The molecule has 0 spiro atoms. The van der Waals surface area contributed by atoms with E-state index in [0.29, 0.717) is 17.7 Å². The van der Waals surface area contributed by atoms with Gasteiger partial charge < -0.3 is 14.0 Å². The number of hydrogen-bond donors (Lipinski definition) is 0.